The highest BCUT2D eigenvalue weighted by Crippen LogP contribution is 2.22. The highest BCUT2D eigenvalue weighted by Gasteiger charge is 2.27. The number of nitrogens with one attached hydrogen (secondary N) is 1. The summed E-state index contributed by atoms with van der Waals surface area (Å²) in [5, 5.41) is 2.67. The van der Waals surface area contributed by atoms with Gasteiger partial charge in [-0.1, -0.05) is 30.3 Å². The van der Waals surface area contributed by atoms with E-state index in [1.807, 2.05) is 13.0 Å². The Balaban J connectivity index is 1.47. The van der Waals surface area contributed by atoms with Gasteiger partial charge in [0.25, 0.3) is 0 Å². The van der Waals surface area contributed by atoms with E-state index in [9.17, 15) is 9.59 Å². The average molecular weight is 366 g/mol. The predicted molar refractivity (Wildman–Crippen MR) is 106 cm³/mol. The van der Waals surface area contributed by atoms with Crippen LogP contribution in [0.15, 0.2) is 54.6 Å². The van der Waals surface area contributed by atoms with Gasteiger partial charge in [-0.3, -0.25) is 9.59 Å². The summed E-state index contributed by atoms with van der Waals surface area (Å²) < 4.78 is 5.37. The molecule has 1 saturated heterocycles. The zero-order valence-electron chi connectivity index (χ0n) is 15.7. The molecule has 3 rings (SSSR count). The summed E-state index contributed by atoms with van der Waals surface area (Å²) in [4.78, 5) is 26.3. The number of hydrogen-bond donors (Lipinski definition) is 1. The number of carbonyl (C=O) groups is 2. The molecule has 0 saturated carbocycles. The van der Waals surface area contributed by atoms with Crippen molar-refractivity contribution in [3.63, 3.8) is 0 Å². The van der Waals surface area contributed by atoms with E-state index in [1.165, 1.54) is 5.56 Å². The fourth-order valence-electron chi connectivity index (χ4n) is 3.42. The molecule has 5 nitrogen and oxygen atoms in total. The van der Waals surface area contributed by atoms with Crippen molar-refractivity contribution < 1.29 is 14.3 Å². The number of hydrogen-bond acceptors (Lipinski definition) is 3. The third-order valence-electron chi connectivity index (χ3n) is 4.89. The molecule has 0 atom stereocenters. The molecule has 2 amide bonds. The van der Waals surface area contributed by atoms with Gasteiger partial charge in [0.2, 0.25) is 0 Å². The van der Waals surface area contributed by atoms with Gasteiger partial charge in [-0.05, 0) is 61.9 Å². The zero-order chi connectivity index (χ0) is 19.1. The van der Waals surface area contributed by atoms with Crippen LogP contribution in [0, 0.1) is 5.92 Å². The van der Waals surface area contributed by atoms with E-state index in [4.69, 9.17) is 4.74 Å². The van der Waals surface area contributed by atoms with Gasteiger partial charge in [0.1, 0.15) is 5.75 Å². The second kappa shape index (κ2) is 9.21. The third-order valence-corrected chi connectivity index (χ3v) is 4.89. The van der Waals surface area contributed by atoms with Gasteiger partial charge in [-0.15, -0.1) is 0 Å². The number of amides is 2. The van der Waals surface area contributed by atoms with Crippen LogP contribution in [-0.4, -0.2) is 36.4 Å². The lowest BCUT2D eigenvalue weighted by Crippen LogP contribution is -2.44. The summed E-state index contributed by atoms with van der Waals surface area (Å²) in [6.45, 7) is 3.77. The number of likely N-dealkylation sites (tertiary alicyclic amines) is 1. The van der Waals surface area contributed by atoms with Gasteiger partial charge in [-0.2, -0.15) is 0 Å². The summed E-state index contributed by atoms with van der Waals surface area (Å²) >= 11 is 0. The van der Waals surface area contributed by atoms with E-state index in [-0.39, 0.29) is 0 Å². The fraction of sp³-hybridized carbons (Fsp3) is 0.364. The minimum atomic E-state index is -0.583. The van der Waals surface area contributed by atoms with Crippen molar-refractivity contribution in [1.29, 1.82) is 0 Å². The second-order valence-electron chi connectivity index (χ2n) is 6.84. The number of rotatable bonds is 5. The summed E-state index contributed by atoms with van der Waals surface area (Å²) in [7, 11) is 0. The van der Waals surface area contributed by atoms with E-state index in [0.29, 0.717) is 31.3 Å². The Kier molecular flexibility index (Phi) is 6.47. The van der Waals surface area contributed by atoms with Crippen LogP contribution in [0.25, 0.3) is 0 Å². The molecule has 2 aromatic carbocycles. The molecule has 2 aromatic rings. The first-order chi connectivity index (χ1) is 13.2. The molecule has 0 unspecified atom stereocenters. The molecular formula is C22H26N2O3. The Morgan fingerprint density at radius 1 is 1.04 bits per heavy atom. The van der Waals surface area contributed by atoms with Crippen LogP contribution in [-0.2, 0) is 16.0 Å². The molecular weight excluding hydrogens is 340 g/mol. The molecule has 0 aromatic heterocycles. The maximum absolute atomic E-state index is 12.4. The van der Waals surface area contributed by atoms with E-state index >= 15 is 0 Å². The van der Waals surface area contributed by atoms with Crippen LogP contribution in [0.2, 0.25) is 0 Å². The quantitative estimate of drug-likeness (QED) is 0.824. The fourth-order valence-corrected chi connectivity index (χ4v) is 3.42. The van der Waals surface area contributed by atoms with Crippen molar-refractivity contribution >= 4 is 17.5 Å². The van der Waals surface area contributed by atoms with Crippen molar-refractivity contribution in [3.05, 3.63) is 60.2 Å². The van der Waals surface area contributed by atoms with E-state index in [1.54, 1.807) is 29.2 Å². The number of ether oxygens (including phenoxy) is 1. The van der Waals surface area contributed by atoms with Crippen molar-refractivity contribution in [2.24, 2.45) is 5.92 Å². The molecule has 0 radical (unpaired) electrons. The molecule has 1 aliphatic heterocycles. The van der Waals surface area contributed by atoms with Gasteiger partial charge < -0.3 is 15.0 Å². The SMILES string of the molecule is CCOc1ccc(NC(=O)C(=O)N2CCC(Cc3ccccc3)CC2)cc1. The van der Waals surface area contributed by atoms with Crippen LogP contribution in [0.1, 0.15) is 25.3 Å². The molecule has 5 heteroatoms. The highest BCUT2D eigenvalue weighted by molar-refractivity contribution is 6.39. The number of piperidine rings is 1. The Morgan fingerprint density at radius 3 is 2.33 bits per heavy atom. The zero-order valence-corrected chi connectivity index (χ0v) is 15.7. The Labute approximate surface area is 160 Å². The van der Waals surface area contributed by atoms with Crippen LogP contribution >= 0.6 is 0 Å². The van der Waals surface area contributed by atoms with Gasteiger partial charge in [0.05, 0.1) is 6.61 Å². The van der Waals surface area contributed by atoms with Crippen molar-refractivity contribution in [3.8, 4) is 5.75 Å². The molecule has 0 bridgehead atoms. The molecule has 1 aliphatic rings. The summed E-state index contributed by atoms with van der Waals surface area (Å²) in [6, 6.07) is 17.4. The molecule has 1 fully saturated rings. The molecule has 0 aliphatic carbocycles. The van der Waals surface area contributed by atoms with Crippen LogP contribution in [0.3, 0.4) is 0 Å². The van der Waals surface area contributed by atoms with E-state index < -0.39 is 11.8 Å². The first-order valence-corrected chi connectivity index (χ1v) is 9.52. The molecule has 142 valence electrons. The third kappa shape index (κ3) is 5.33. The van der Waals surface area contributed by atoms with Crippen LogP contribution < -0.4 is 10.1 Å². The monoisotopic (exact) mass is 366 g/mol. The summed E-state index contributed by atoms with van der Waals surface area (Å²) in [5.41, 5.74) is 1.92. The Morgan fingerprint density at radius 2 is 1.70 bits per heavy atom. The minimum absolute atomic E-state index is 0.456. The smallest absolute Gasteiger partial charge is 0.313 e. The largest absolute Gasteiger partial charge is 0.494 e. The van der Waals surface area contributed by atoms with Crippen molar-refractivity contribution in [1.82, 2.24) is 4.90 Å². The molecule has 1 N–H and O–H groups in total. The maximum Gasteiger partial charge on any atom is 0.313 e. The van der Waals surface area contributed by atoms with E-state index in [2.05, 4.69) is 29.6 Å². The number of anilines is 1. The summed E-state index contributed by atoms with van der Waals surface area (Å²) in [6.07, 6.45) is 2.88. The maximum atomic E-state index is 12.4. The van der Waals surface area contributed by atoms with Gasteiger partial charge in [0, 0.05) is 18.8 Å². The van der Waals surface area contributed by atoms with E-state index in [0.717, 1.165) is 25.0 Å². The van der Waals surface area contributed by atoms with Crippen molar-refractivity contribution in [2.45, 2.75) is 26.2 Å². The standard InChI is InChI=1S/C22H26N2O3/c1-2-27-20-10-8-19(9-11-20)23-21(25)22(26)24-14-12-18(13-15-24)16-17-6-4-3-5-7-17/h3-11,18H,2,12-16H2,1H3,(H,23,25). The lowest BCUT2D eigenvalue weighted by Gasteiger charge is -2.31. The normalized spacial score (nSPS) is 14.6. The average Bonchev–Trinajstić information content (AvgIpc) is 2.70. The molecule has 1 heterocycles. The first kappa shape index (κ1) is 19.0. The number of nitrogens with zero attached hydrogens (tertiary/aromatic N) is 1. The molecule has 0 spiro atoms. The first-order valence-electron chi connectivity index (χ1n) is 9.52. The lowest BCUT2D eigenvalue weighted by molar-refractivity contribution is -0.144. The number of carbonyl (C=O) groups excluding carboxylic acids is 2. The van der Waals surface area contributed by atoms with Gasteiger partial charge in [-0.25, -0.2) is 0 Å². The van der Waals surface area contributed by atoms with Crippen LogP contribution in [0.5, 0.6) is 5.75 Å². The summed E-state index contributed by atoms with van der Waals surface area (Å²) in [5.74, 6) is 0.260. The topological polar surface area (TPSA) is 58.6 Å². The highest BCUT2D eigenvalue weighted by atomic mass is 16.5. The predicted octanol–water partition coefficient (Wildman–Crippen LogP) is 3.51. The second-order valence-corrected chi connectivity index (χ2v) is 6.84. The van der Waals surface area contributed by atoms with Gasteiger partial charge in [0.15, 0.2) is 0 Å². The minimum Gasteiger partial charge on any atom is -0.494 e. The Bertz CT molecular complexity index is 751. The molecule has 27 heavy (non-hydrogen) atoms. The van der Waals surface area contributed by atoms with Crippen molar-refractivity contribution in [2.75, 3.05) is 25.0 Å². The van der Waals surface area contributed by atoms with Crippen LogP contribution in [0.4, 0.5) is 5.69 Å². The lowest BCUT2D eigenvalue weighted by atomic mass is 9.90. The van der Waals surface area contributed by atoms with Gasteiger partial charge >= 0.3 is 11.8 Å². The number of benzene rings is 2. The Hall–Kier alpha value is -2.82.